The number of rotatable bonds is 5. The lowest BCUT2D eigenvalue weighted by Crippen LogP contribution is -2.22. The lowest BCUT2D eigenvalue weighted by molar-refractivity contribution is -0.145. The fourth-order valence-electron chi connectivity index (χ4n) is 0.350. The first-order chi connectivity index (χ1) is 4.68. The van der Waals surface area contributed by atoms with E-state index in [1.54, 1.807) is 0 Å². The summed E-state index contributed by atoms with van der Waals surface area (Å²) in [7, 11) is 0. The third-order valence-electron chi connectivity index (χ3n) is 0.823. The summed E-state index contributed by atoms with van der Waals surface area (Å²) in [5.74, 6) is -0.277. The van der Waals surface area contributed by atoms with Crippen molar-refractivity contribution in [2.75, 3.05) is 18.1 Å². The van der Waals surface area contributed by atoms with Crippen LogP contribution < -0.4 is 5.73 Å². The van der Waals surface area contributed by atoms with Crippen molar-refractivity contribution < 1.29 is 15.0 Å². The van der Waals surface area contributed by atoms with Crippen molar-refractivity contribution >= 4 is 17.7 Å². The van der Waals surface area contributed by atoms with Gasteiger partial charge in [-0.05, 0) is 0 Å². The van der Waals surface area contributed by atoms with Crippen LogP contribution in [0.25, 0.3) is 0 Å². The quantitative estimate of drug-likeness (QED) is 0.461. The molecule has 0 heterocycles. The molecule has 60 valence electrons. The van der Waals surface area contributed by atoms with Crippen molar-refractivity contribution in [2.45, 2.75) is 6.10 Å². The Bertz CT molecular complexity index is 109. The van der Waals surface area contributed by atoms with Gasteiger partial charge >= 0.3 is 5.97 Å². The third kappa shape index (κ3) is 4.60. The minimum absolute atomic E-state index is 0.215. The highest BCUT2D eigenvalue weighted by molar-refractivity contribution is 7.99. The smallest absolute Gasteiger partial charge is 0.333 e. The summed E-state index contributed by atoms with van der Waals surface area (Å²) in [4.78, 5) is 10.00. The predicted molar refractivity (Wildman–Crippen MR) is 40.0 cm³/mol. The highest BCUT2D eigenvalue weighted by Gasteiger charge is 2.11. The summed E-state index contributed by atoms with van der Waals surface area (Å²) in [6.45, 7) is 0.511. The van der Waals surface area contributed by atoms with Crippen LogP contribution in [0.4, 0.5) is 0 Å². The summed E-state index contributed by atoms with van der Waals surface area (Å²) < 4.78 is 0. The van der Waals surface area contributed by atoms with Gasteiger partial charge in [-0.25, -0.2) is 4.79 Å². The van der Waals surface area contributed by atoms with Crippen LogP contribution in [-0.4, -0.2) is 40.3 Å². The zero-order valence-corrected chi connectivity index (χ0v) is 6.30. The van der Waals surface area contributed by atoms with Crippen LogP contribution in [0.2, 0.25) is 0 Å². The Morgan fingerprint density at radius 1 is 1.70 bits per heavy atom. The largest absolute Gasteiger partial charge is 0.479 e. The van der Waals surface area contributed by atoms with Gasteiger partial charge in [-0.15, -0.1) is 0 Å². The number of carboxylic acid groups (broad SMARTS) is 1. The molecule has 0 aromatic heterocycles. The summed E-state index contributed by atoms with van der Waals surface area (Å²) >= 11 is 1.33. The molecule has 0 radical (unpaired) electrons. The van der Waals surface area contributed by atoms with E-state index in [9.17, 15) is 4.79 Å². The molecule has 0 bridgehead atoms. The lowest BCUT2D eigenvalue weighted by Gasteiger charge is -2.02. The average Bonchev–Trinajstić information content (AvgIpc) is 1.88. The molecule has 4 N–H and O–H groups in total. The highest BCUT2D eigenvalue weighted by Crippen LogP contribution is 2.00. The van der Waals surface area contributed by atoms with E-state index in [2.05, 4.69) is 0 Å². The monoisotopic (exact) mass is 165 g/mol. The average molecular weight is 165 g/mol. The van der Waals surface area contributed by atoms with Gasteiger partial charge in [0.1, 0.15) is 0 Å². The Hall–Kier alpha value is -0.260. The second-order valence-electron chi connectivity index (χ2n) is 1.72. The van der Waals surface area contributed by atoms with Crippen molar-refractivity contribution in [3.05, 3.63) is 0 Å². The molecule has 0 aliphatic rings. The van der Waals surface area contributed by atoms with Gasteiger partial charge in [0.2, 0.25) is 0 Å². The zero-order chi connectivity index (χ0) is 7.98. The van der Waals surface area contributed by atoms with Gasteiger partial charge in [-0.3, -0.25) is 0 Å². The number of hydrogen-bond donors (Lipinski definition) is 3. The minimum Gasteiger partial charge on any atom is -0.479 e. The second-order valence-corrected chi connectivity index (χ2v) is 2.87. The molecule has 0 spiro atoms. The maximum Gasteiger partial charge on any atom is 0.333 e. The third-order valence-corrected chi connectivity index (χ3v) is 1.90. The van der Waals surface area contributed by atoms with E-state index >= 15 is 0 Å². The standard InChI is InChI=1S/C5H11NO3S/c6-1-2-10-3-4(7)5(8)9/h4,7H,1-3,6H2,(H,8,9). The molecule has 0 saturated heterocycles. The molecular weight excluding hydrogens is 154 g/mol. The summed E-state index contributed by atoms with van der Waals surface area (Å²) in [6, 6.07) is 0. The topological polar surface area (TPSA) is 83.5 Å². The number of carboxylic acids is 1. The van der Waals surface area contributed by atoms with E-state index in [0.29, 0.717) is 12.3 Å². The molecule has 0 aliphatic heterocycles. The van der Waals surface area contributed by atoms with Crippen molar-refractivity contribution in [3.63, 3.8) is 0 Å². The van der Waals surface area contributed by atoms with E-state index < -0.39 is 12.1 Å². The van der Waals surface area contributed by atoms with Gasteiger partial charge in [0.25, 0.3) is 0 Å². The summed E-state index contributed by atoms with van der Waals surface area (Å²) in [6.07, 6.45) is -1.25. The summed E-state index contributed by atoms with van der Waals surface area (Å²) in [5, 5.41) is 16.9. The Balaban J connectivity index is 3.21. The number of aliphatic hydroxyl groups is 1. The maximum absolute atomic E-state index is 10.00. The van der Waals surface area contributed by atoms with Crippen LogP contribution >= 0.6 is 11.8 Å². The first kappa shape index (κ1) is 9.74. The van der Waals surface area contributed by atoms with E-state index in [1.807, 2.05) is 0 Å². The zero-order valence-electron chi connectivity index (χ0n) is 5.49. The number of aliphatic hydroxyl groups excluding tert-OH is 1. The Labute approximate surface area is 63.4 Å². The van der Waals surface area contributed by atoms with E-state index in [-0.39, 0.29) is 5.75 Å². The van der Waals surface area contributed by atoms with Gasteiger partial charge in [-0.2, -0.15) is 11.8 Å². The molecule has 1 unspecified atom stereocenters. The Morgan fingerprint density at radius 2 is 2.30 bits per heavy atom. The van der Waals surface area contributed by atoms with Crippen molar-refractivity contribution in [1.29, 1.82) is 0 Å². The van der Waals surface area contributed by atoms with Crippen LogP contribution in [0.1, 0.15) is 0 Å². The Kier molecular flexibility index (Phi) is 5.38. The predicted octanol–water partition coefficient (Wildman–Crippen LogP) is -0.876. The van der Waals surface area contributed by atoms with Crippen molar-refractivity contribution in [3.8, 4) is 0 Å². The maximum atomic E-state index is 10.00. The van der Waals surface area contributed by atoms with Crippen LogP contribution in [0.3, 0.4) is 0 Å². The molecule has 0 saturated carbocycles. The normalized spacial score (nSPS) is 13.0. The number of aliphatic carboxylic acids is 1. The molecule has 0 aliphatic carbocycles. The van der Waals surface area contributed by atoms with Crippen LogP contribution in [0.15, 0.2) is 0 Å². The molecule has 1 atom stereocenters. The van der Waals surface area contributed by atoms with Gasteiger partial charge < -0.3 is 15.9 Å². The molecule has 10 heavy (non-hydrogen) atoms. The minimum atomic E-state index is -1.25. The number of carbonyl (C=O) groups is 1. The van der Waals surface area contributed by atoms with E-state index in [0.717, 1.165) is 0 Å². The van der Waals surface area contributed by atoms with Crippen LogP contribution in [-0.2, 0) is 4.79 Å². The van der Waals surface area contributed by atoms with Gasteiger partial charge in [0.15, 0.2) is 6.10 Å². The number of thioether (sulfide) groups is 1. The molecule has 0 amide bonds. The molecule has 0 aromatic rings. The van der Waals surface area contributed by atoms with E-state index in [1.165, 1.54) is 11.8 Å². The molecule has 0 rings (SSSR count). The molecule has 0 aromatic carbocycles. The Morgan fingerprint density at radius 3 is 2.70 bits per heavy atom. The second kappa shape index (κ2) is 5.52. The van der Waals surface area contributed by atoms with Gasteiger partial charge in [-0.1, -0.05) is 0 Å². The number of nitrogens with two attached hydrogens (primary N) is 1. The van der Waals surface area contributed by atoms with Crippen LogP contribution in [0, 0.1) is 0 Å². The molecular formula is C5H11NO3S. The first-order valence-corrected chi connectivity index (χ1v) is 4.02. The fraction of sp³-hybridized carbons (Fsp3) is 0.800. The highest BCUT2D eigenvalue weighted by atomic mass is 32.2. The number of hydrogen-bond acceptors (Lipinski definition) is 4. The van der Waals surface area contributed by atoms with E-state index in [4.69, 9.17) is 15.9 Å². The van der Waals surface area contributed by atoms with Crippen molar-refractivity contribution in [2.24, 2.45) is 5.73 Å². The first-order valence-electron chi connectivity index (χ1n) is 2.87. The molecule has 0 fully saturated rings. The van der Waals surface area contributed by atoms with Gasteiger partial charge in [0.05, 0.1) is 0 Å². The SMILES string of the molecule is NCCSCC(O)C(=O)O. The van der Waals surface area contributed by atoms with Crippen molar-refractivity contribution in [1.82, 2.24) is 0 Å². The molecule has 4 nitrogen and oxygen atoms in total. The fourth-order valence-corrected chi connectivity index (χ4v) is 1.05. The van der Waals surface area contributed by atoms with Gasteiger partial charge in [0, 0.05) is 18.1 Å². The molecule has 5 heteroatoms. The summed E-state index contributed by atoms with van der Waals surface area (Å²) in [5.41, 5.74) is 5.14. The lowest BCUT2D eigenvalue weighted by atomic mass is 10.4. The van der Waals surface area contributed by atoms with Crippen LogP contribution in [0.5, 0.6) is 0 Å².